The summed E-state index contributed by atoms with van der Waals surface area (Å²) in [4.78, 5) is 0. The first-order chi connectivity index (χ1) is 7.77. The highest BCUT2D eigenvalue weighted by atomic mass is 16.3. The molecule has 92 valence electrons. The van der Waals surface area contributed by atoms with Gasteiger partial charge in [0.25, 0.3) is 0 Å². The number of hydrogen-bond donors (Lipinski definition) is 1. The third-order valence-electron chi connectivity index (χ3n) is 3.12. The second-order valence-corrected chi connectivity index (χ2v) is 4.66. The van der Waals surface area contributed by atoms with Gasteiger partial charge >= 0.3 is 0 Å². The van der Waals surface area contributed by atoms with Gasteiger partial charge in [0, 0.05) is 6.04 Å². The number of furan rings is 1. The van der Waals surface area contributed by atoms with Crippen LogP contribution in [0.3, 0.4) is 0 Å². The first kappa shape index (κ1) is 13.3. The van der Waals surface area contributed by atoms with Crippen LogP contribution < -0.4 is 5.32 Å². The smallest absolute Gasteiger partial charge is 0.0935 e. The molecule has 0 bridgehead atoms. The van der Waals surface area contributed by atoms with Gasteiger partial charge in [0.05, 0.1) is 12.5 Å². The lowest BCUT2D eigenvalue weighted by Crippen LogP contribution is -2.37. The Bertz CT molecular complexity index is 256. The van der Waals surface area contributed by atoms with Gasteiger partial charge in [0.15, 0.2) is 0 Å². The molecular weight excluding hydrogens is 198 g/mol. The zero-order valence-corrected chi connectivity index (χ0v) is 10.8. The van der Waals surface area contributed by atoms with Crippen LogP contribution in [0.15, 0.2) is 23.0 Å². The molecule has 1 aromatic rings. The van der Waals surface area contributed by atoms with Crippen molar-refractivity contribution in [1.29, 1.82) is 0 Å². The minimum atomic E-state index is 0.581. The van der Waals surface area contributed by atoms with Crippen LogP contribution in [-0.4, -0.2) is 12.6 Å². The van der Waals surface area contributed by atoms with Crippen molar-refractivity contribution >= 4 is 0 Å². The van der Waals surface area contributed by atoms with Crippen molar-refractivity contribution in [2.45, 2.75) is 52.5 Å². The largest absolute Gasteiger partial charge is 0.472 e. The van der Waals surface area contributed by atoms with Crippen LogP contribution in [0.4, 0.5) is 0 Å². The number of nitrogens with one attached hydrogen (secondary N) is 1. The van der Waals surface area contributed by atoms with Gasteiger partial charge in [-0.05, 0) is 43.4 Å². The lowest BCUT2D eigenvalue weighted by Gasteiger charge is -2.24. The van der Waals surface area contributed by atoms with E-state index >= 15 is 0 Å². The maximum atomic E-state index is 5.13. The van der Waals surface area contributed by atoms with Crippen LogP contribution in [0, 0.1) is 5.92 Å². The Hall–Kier alpha value is -0.760. The van der Waals surface area contributed by atoms with Crippen molar-refractivity contribution in [2.75, 3.05) is 6.54 Å². The van der Waals surface area contributed by atoms with Crippen molar-refractivity contribution in [2.24, 2.45) is 5.92 Å². The van der Waals surface area contributed by atoms with Gasteiger partial charge in [0.1, 0.15) is 0 Å². The van der Waals surface area contributed by atoms with Gasteiger partial charge < -0.3 is 9.73 Å². The fourth-order valence-electron chi connectivity index (χ4n) is 2.12. The van der Waals surface area contributed by atoms with Crippen molar-refractivity contribution in [3.05, 3.63) is 24.2 Å². The highest BCUT2D eigenvalue weighted by Gasteiger charge is 2.16. The summed E-state index contributed by atoms with van der Waals surface area (Å²) in [6, 6.07) is 2.65. The summed E-state index contributed by atoms with van der Waals surface area (Å²) in [5.41, 5.74) is 1.30. The maximum Gasteiger partial charge on any atom is 0.0935 e. The molecule has 16 heavy (non-hydrogen) atoms. The molecule has 1 heterocycles. The highest BCUT2D eigenvalue weighted by molar-refractivity contribution is 5.07. The van der Waals surface area contributed by atoms with E-state index < -0.39 is 0 Å². The molecule has 0 aliphatic carbocycles. The van der Waals surface area contributed by atoms with E-state index in [-0.39, 0.29) is 0 Å². The monoisotopic (exact) mass is 223 g/mol. The van der Waals surface area contributed by atoms with Crippen LogP contribution in [-0.2, 0) is 6.42 Å². The van der Waals surface area contributed by atoms with Crippen LogP contribution in [0.1, 0.15) is 45.6 Å². The molecular formula is C14H25NO. The quantitative estimate of drug-likeness (QED) is 0.728. The second-order valence-electron chi connectivity index (χ2n) is 4.66. The van der Waals surface area contributed by atoms with Crippen LogP contribution in [0.2, 0.25) is 0 Å². The minimum absolute atomic E-state index is 0.581. The average Bonchev–Trinajstić information content (AvgIpc) is 2.77. The standard InChI is InChI=1S/C14H25NO/c1-4-6-12(3)14(15-8-5-2)10-13-7-9-16-11-13/h7,9,11-12,14-15H,4-6,8,10H2,1-3H3. The Morgan fingerprint density at radius 1 is 1.31 bits per heavy atom. The van der Waals surface area contributed by atoms with E-state index in [0.29, 0.717) is 6.04 Å². The minimum Gasteiger partial charge on any atom is -0.472 e. The molecule has 0 aromatic carbocycles. The van der Waals surface area contributed by atoms with Crippen molar-refractivity contribution in [3.63, 3.8) is 0 Å². The van der Waals surface area contributed by atoms with E-state index in [1.54, 1.807) is 6.26 Å². The first-order valence-corrected chi connectivity index (χ1v) is 6.52. The van der Waals surface area contributed by atoms with Crippen molar-refractivity contribution in [3.8, 4) is 0 Å². The maximum absolute atomic E-state index is 5.13. The molecule has 2 nitrogen and oxygen atoms in total. The fraction of sp³-hybridized carbons (Fsp3) is 0.714. The van der Waals surface area contributed by atoms with Crippen molar-refractivity contribution in [1.82, 2.24) is 5.32 Å². The van der Waals surface area contributed by atoms with E-state index in [1.807, 2.05) is 6.26 Å². The van der Waals surface area contributed by atoms with Crippen LogP contribution in [0.25, 0.3) is 0 Å². The molecule has 0 radical (unpaired) electrons. The zero-order valence-electron chi connectivity index (χ0n) is 10.8. The average molecular weight is 223 g/mol. The fourth-order valence-corrected chi connectivity index (χ4v) is 2.12. The molecule has 0 saturated carbocycles. The molecule has 0 aliphatic heterocycles. The molecule has 0 saturated heterocycles. The van der Waals surface area contributed by atoms with E-state index in [0.717, 1.165) is 18.9 Å². The molecule has 0 aliphatic rings. The molecule has 0 amide bonds. The Morgan fingerprint density at radius 2 is 2.12 bits per heavy atom. The van der Waals surface area contributed by atoms with Crippen LogP contribution in [0.5, 0.6) is 0 Å². The van der Waals surface area contributed by atoms with E-state index in [1.165, 1.54) is 24.8 Å². The Balaban J connectivity index is 2.49. The predicted molar refractivity (Wildman–Crippen MR) is 68.6 cm³/mol. The summed E-state index contributed by atoms with van der Waals surface area (Å²) < 4.78 is 5.13. The van der Waals surface area contributed by atoms with Gasteiger partial charge in [0.2, 0.25) is 0 Å². The van der Waals surface area contributed by atoms with Gasteiger partial charge in [-0.25, -0.2) is 0 Å². The summed E-state index contributed by atoms with van der Waals surface area (Å²) in [5, 5.41) is 3.65. The molecule has 1 N–H and O–H groups in total. The molecule has 2 heteroatoms. The molecule has 2 unspecified atom stereocenters. The van der Waals surface area contributed by atoms with Gasteiger partial charge in [-0.3, -0.25) is 0 Å². The third kappa shape index (κ3) is 4.40. The summed E-state index contributed by atoms with van der Waals surface area (Å²) in [7, 11) is 0. The van der Waals surface area contributed by atoms with E-state index in [2.05, 4.69) is 32.2 Å². The van der Waals surface area contributed by atoms with E-state index in [4.69, 9.17) is 4.42 Å². The summed E-state index contributed by atoms with van der Waals surface area (Å²) in [5.74, 6) is 0.728. The molecule has 0 fully saturated rings. The summed E-state index contributed by atoms with van der Waals surface area (Å²) in [6.07, 6.45) is 8.45. The summed E-state index contributed by atoms with van der Waals surface area (Å²) in [6.45, 7) is 7.92. The molecule has 1 rings (SSSR count). The topological polar surface area (TPSA) is 25.2 Å². The highest BCUT2D eigenvalue weighted by Crippen LogP contribution is 2.15. The van der Waals surface area contributed by atoms with Gasteiger partial charge in [-0.1, -0.05) is 27.2 Å². The number of hydrogen-bond acceptors (Lipinski definition) is 2. The molecule has 2 atom stereocenters. The summed E-state index contributed by atoms with van der Waals surface area (Å²) >= 11 is 0. The zero-order chi connectivity index (χ0) is 11.8. The normalized spacial score (nSPS) is 14.9. The van der Waals surface area contributed by atoms with Crippen LogP contribution >= 0.6 is 0 Å². The Kier molecular flexibility index (Phi) is 6.24. The van der Waals surface area contributed by atoms with Crippen molar-refractivity contribution < 1.29 is 4.42 Å². The number of rotatable bonds is 8. The Morgan fingerprint density at radius 3 is 2.69 bits per heavy atom. The second kappa shape index (κ2) is 7.50. The third-order valence-corrected chi connectivity index (χ3v) is 3.12. The predicted octanol–water partition coefficient (Wildman–Crippen LogP) is 3.63. The van der Waals surface area contributed by atoms with E-state index in [9.17, 15) is 0 Å². The molecule has 1 aromatic heterocycles. The van der Waals surface area contributed by atoms with Gasteiger partial charge in [-0.15, -0.1) is 0 Å². The lowest BCUT2D eigenvalue weighted by atomic mass is 9.92. The van der Waals surface area contributed by atoms with Gasteiger partial charge in [-0.2, -0.15) is 0 Å². The molecule has 0 spiro atoms. The lowest BCUT2D eigenvalue weighted by molar-refractivity contribution is 0.351. The Labute approximate surface area is 99.4 Å². The SMILES string of the molecule is CCCNC(Cc1ccoc1)C(C)CCC. The first-order valence-electron chi connectivity index (χ1n) is 6.52.